The maximum absolute atomic E-state index is 6.38. The molecule has 0 unspecified atom stereocenters. The number of piperidine rings is 1. The van der Waals surface area contributed by atoms with Gasteiger partial charge in [0.15, 0.2) is 0 Å². The van der Waals surface area contributed by atoms with Gasteiger partial charge >= 0.3 is 0 Å². The van der Waals surface area contributed by atoms with E-state index in [4.69, 9.17) is 4.74 Å². The van der Waals surface area contributed by atoms with Crippen LogP contribution in [0.15, 0.2) is 79.0 Å². The van der Waals surface area contributed by atoms with E-state index in [1.54, 1.807) is 0 Å². The molecule has 1 fully saturated rings. The van der Waals surface area contributed by atoms with Crippen LogP contribution < -0.4 is 5.32 Å². The van der Waals surface area contributed by atoms with Crippen LogP contribution in [0.2, 0.25) is 0 Å². The SMILES string of the molecule is c1ccc(CCn2cc([C@H]3CCNC[C@@H]3OCc3ccc4ccccc4c3)nn2)cc1. The minimum Gasteiger partial charge on any atom is -0.372 e. The Morgan fingerprint density at radius 2 is 1.77 bits per heavy atom. The number of hydrogen-bond acceptors (Lipinski definition) is 4. The molecule has 0 bridgehead atoms. The second-order valence-electron chi connectivity index (χ2n) is 8.27. The molecule has 1 saturated heterocycles. The Kier molecular flexibility index (Phi) is 6.05. The summed E-state index contributed by atoms with van der Waals surface area (Å²) in [6.07, 6.45) is 4.17. The van der Waals surface area contributed by atoms with Crippen LogP contribution in [0.5, 0.6) is 0 Å². The Labute approximate surface area is 183 Å². The lowest BCUT2D eigenvalue weighted by atomic mass is 9.92. The normalized spacial score (nSPS) is 19.0. The number of hydrogen-bond donors (Lipinski definition) is 1. The molecule has 5 heteroatoms. The van der Waals surface area contributed by atoms with Crippen LogP contribution in [0, 0.1) is 0 Å². The van der Waals surface area contributed by atoms with Crippen molar-refractivity contribution in [2.24, 2.45) is 0 Å². The zero-order chi connectivity index (χ0) is 20.9. The average Bonchev–Trinajstić information content (AvgIpc) is 3.31. The highest BCUT2D eigenvalue weighted by Gasteiger charge is 2.29. The second kappa shape index (κ2) is 9.41. The quantitative estimate of drug-likeness (QED) is 0.491. The van der Waals surface area contributed by atoms with Gasteiger partial charge in [0, 0.05) is 25.2 Å². The molecule has 5 nitrogen and oxygen atoms in total. The van der Waals surface area contributed by atoms with E-state index in [9.17, 15) is 0 Å². The van der Waals surface area contributed by atoms with Crippen molar-refractivity contribution < 1.29 is 4.74 Å². The molecule has 0 saturated carbocycles. The number of aryl methyl sites for hydroxylation is 2. The van der Waals surface area contributed by atoms with Crippen molar-refractivity contribution in [3.8, 4) is 0 Å². The van der Waals surface area contributed by atoms with Crippen molar-refractivity contribution in [2.45, 2.75) is 38.0 Å². The number of nitrogens with zero attached hydrogens (tertiary/aromatic N) is 3. The molecule has 0 amide bonds. The van der Waals surface area contributed by atoms with Gasteiger partial charge in [-0.3, -0.25) is 4.68 Å². The summed E-state index contributed by atoms with van der Waals surface area (Å²) in [7, 11) is 0. The van der Waals surface area contributed by atoms with E-state index >= 15 is 0 Å². The summed E-state index contributed by atoms with van der Waals surface area (Å²) >= 11 is 0. The zero-order valence-electron chi connectivity index (χ0n) is 17.7. The van der Waals surface area contributed by atoms with Crippen molar-refractivity contribution in [2.75, 3.05) is 13.1 Å². The molecule has 2 heterocycles. The first kappa shape index (κ1) is 19.9. The Morgan fingerprint density at radius 3 is 2.68 bits per heavy atom. The van der Waals surface area contributed by atoms with Gasteiger partial charge in [0.1, 0.15) is 0 Å². The Hall–Kier alpha value is -3.02. The predicted octanol–water partition coefficient (Wildman–Crippen LogP) is 4.34. The molecule has 1 aliphatic rings. The fourth-order valence-corrected chi connectivity index (χ4v) is 4.36. The van der Waals surface area contributed by atoms with Crippen molar-refractivity contribution >= 4 is 10.8 Å². The number of fused-ring (bicyclic) bond motifs is 1. The lowest BCUT2D eigenvalue weighted by molar-refractivity contribution is 0.00969. The summed E-state index contributed by atoms with van der Waals surface area (Å²) in [5.41, 5.74) is 3.56. The van der Waals surface area contributed by atoms with Crippen LogP contribution in [0.25, 0.3) is 10.8 Å². The van der Waals surface area contributed by atoms with Crippen molar-refractivity contribution in [1.29, 1.82) is 0 Å². The minimum absolute atomic E-state index is 0.0968. The number of benzene rings is 3. The summed E-state index contributed by atoms with van der Waals surface area (Å²) in [6, 6.07) is 25.5. The van der Waals surface area contributed by atoms with E-state index in [-0.39, 0.29) is 12.0 Å². The average molecular weight is 413 g/mol. The summed E-state index contributed by atoms with van der Waals surface area (Å²) in [5, 5.41) is 14.9. The molecule has 0 spiro atoms. The smallest absolute Gasteiger partial charge is 0.0884 e. The topological polar surface area (TPSA) is 52.0 Å². The van der Waals surface area contributed by atoms with Gasteiger partial charge in [0.05, 0.1) is 18.4 Å². The first-order chi connectivity index (χ1) is 15.3. The molecule has 1 aliphatic heterocycles. The van der Waals surface area contributed by atoms with Crippen LogP contribution in [-0.4, -0.2) is 34.2 Å². The first-order valence-electron chi connectivity index (χ1n) is 11.1. The minimum atomic E-state index is 0.0968. The van der Waals surface area contributed by atoms with E-state index < -0.39 is 0 Å². The molecular weight excluding hydrogens is 384 g/mol. The molecule has 1 N–H and O–H groups in total. The molecule has 1 aromatic heterocycles. The third-order valence-corrected chi connectivity index (χ3v) is 6.11. The van der Waals surface area contributed by atoms with E-state index in [2.05, 4.69) is 88.6 Å². The van der Waals surface area contributed by atoms with E-state index in [0.29, 0.717) is 6.61 Å². The fourth-order valence-electron chi connectivity index (χ4n) is 4.36. The zero-order valence-corrected chi connectivity index (χ0v) is 17.7. The fraction of sp³-hybridized carbons (Fsp3) is 0.308. The van der Waals surface area contributed by atoms with Crippen molar-refractivity contribution in [3.05, 3.63) is 95.8 Å². The molecule has 4 aromatic rings. The molecule has 5 rings (SSSR count). The summed E-state index contributed by atoms with van der Waals surface area (Å²) in [6.45, 7) is 3.27. The molecule has 2 atom stereocenters. The third kappa shape index (κ3) is 4.84. The van der Waals surface area contributed by atoms with Crippen LogP contribution in [0.4, 0.5) is 0 Å². The molecule has 3 aromatic carbocycles. The first-order valence-corrected chi connectivity index (χ1v) is 11.1. The predicted molar refractivity (Wildman–Crippen MR) is 123 cm³/mol. The van der Waals surface area contributed by atoms with Crippen LogP contribution >= 0.6 is 0 Å². The Morgan fingerprint density at radius 1 is 0.935 bits per heavy atom. The maximum Gasteiger partial charge on any atom is 0.0884 e. The number of rotatable bonds is 7. The van der Waals surface area contributed by atoms with Gasteiger partial charge in [0.2, 0.25) is 0 Å². The number of nitrogens with one attached hydrogen (secondary N) is 1. The highest BCUT2D eigenvalue weighted by Crippen LogP contribution is 2.27. The van der Waals surface area contributed by atoms with E-state index in [1.807, 2.05) is 10.7 Å². The van der Waals surface area contributed by atoms with Gasteiger partial charge in [-0.25, -0.2) is 0 Å². The summed E-state index contributed by atoms with van der Waals surface area (Å²) in [5.74, 6) is 0.271. The summed E-state index contributed by atoms with van der Waals surface area (Å²) < 4.78 is 8.35. The molecular formula is C26H28N4O. The molecule has 0 radical (unpaired) electrons. The van der Waals surface area contributed by atoms with Gasteiger partial charge in [-0.15, -0.1) is 5.10 Å². The van der Waals surface area contributed by atoms with E-state index in [0.717, 1.165) is 38.2 Å². The van der Waals surface area contributed by atoms with Gasteiger partial charge in [-0.1, -0.05) is 71.9 Å². The highest BCUT2D eigenvalue weighted by molar-refractivity contribution is 5.82. The maximum atomic E-state index is 6.38. The van der Waals surface area contributed by atoms with Crippen molar-refractivity contribution in [1.82, 2.24) is 20.3 Å². The Bertz CT molecular complexity index is 1120. The standard InChI is InChI=1S/C26H28N4O/c1-2-6-20(7-3-1)13-15-30-18-25(28-29-30)24-12-14-27-17-26(24)31-19-21-10-11-22-8-4-5-9-23(22)16-21/h1-11,16,18,24,26-27H,12-15,17,19H2/t24-,26+/m1/s1. The van der Waals surface area contributed by atoms with Gasteiger partial charge in [0.25, 0.3) is 0 Å². The van der Waals surface area contributed by atoms with Crippen LogP contribution in [0.1, 0.15) is 29.2 Å². The number of ether oxygens (including phenoxy) is 1. The molecule has 0 aliphatic carbocycles. The largest absolute Gasteiger partial charge is 0.372 e. The monoisotopic (exact) mass is 412 g/mol. The lowest BCUT2D eigenvalue weighted by Gasteiger charge is -2.30. The Balaban J connectivity index is 1.23. The van der Waals surface area contributed by atoms with Crippen LogP contribution in [0.3, 0.4) is 0 Å². The van der Waals surface area contributed by atoms with Gasteiger partial charge < -0.3 is 10.1 Å². The highest BCUT2D eigenvalue weighted by atomic mass is 16.5. The van der Waals surface area contributed by atoms with Crippen LogP contribution in [-0.2, 0) is 24.3 Å². The second-order valence-corrected chi connectivity index (χ2v) is 8.27. The molecule has 31 heavy (non-hydrogen) atoms. The van der Waals surface area contributed by atoms with E-state index in [1.165, 1.54) is 21.9 Å². The number of aromatic nitrogens is 3. The van der Waals surface area contributed by atoms with Gasteiger partial charge in [-0.05, 0) is 47.4 Å². The van der Waals surface area contributed by atoms with Gasteiger partial charge in [-0.2, -0.15) is 0 Å². The van der Waals surface area contributed by atoms with Crippen molar-refractivity contribution in [3.63, 3.8) is 0 Å². The lowest BCUT2D eigenvalue weighted by Crippen LogP contribution is -2.41. The molecule has 158 valence electrons. The third-order valence-electron chi connectivity index (χ3n) is 6.11. The summed E-state index contributed by atoms with van der Waals surface area (Å²) in [4.78, 5) is 0.